The molecular weight excluding hydrogens is 218 g/mol. The third-order valence-electron chi connectivity index (χ3n) is 2.46. The maximum absolute atomic E-state index is 10.6. The van der Waals surface area contributed by atoms with Crippen molar-refractivity contribution >= 4 is 5.97 Å². The molecule has 4 N–H and O–H groups in total. The first-order valence-electron chi connectivity index (χ1n) is 5.25. The van der Waals surface area contributed by atoms with Crippen LogP contribution in [0.15, 0.2) is 36.4 Å². The summed E-state index contributed by atoms with van der Waals surface area (Å²) in [5, 5.41) is 15.6. The van der Waals surface area contributed by atoms with E-state index >= 15 is 0 Å². The van der Waals surface area contributed by atoms with Gasteiger partial charge >= 0.3 is 5.97 Å². The van der Waals surface area contributed by atoms with Crippen LogP contribution >= 0.6 is 0 Å². The van der Waals surface area contributed by atoms with Crippen LogP contribution in [0.25, 0.3) is 11.3 Å². The lowest BCUT2D eigenvalue weighted by atomic mass is 10.1. The zero-order valence-corrected chi connectivity index (χ0v) is 9.13. The predicted molar refractivity (Wildman–Crippen MR) is 63.3 cm³/mol. The number of hydrogen-bond acceptors (Lipinski definition) is 3. The Morgan fingerprint density at radius 2 is 2.12 bits per heavy atom. The van der Waals surface area contributed by atoms with Crippen LogP contribution in [-0.2, 0) is 11.2 Å². The number of nitrogens with zero attached hydrogens (tertiary/aromatic N) is 1. The van der Waals surface area contributed by atoms with Crippen molar-refractivity contribution < 1.29 is 9.90 Å². The van der Waals surface area contributed by atoms with Crippen LogP contribution in [0.4, 0.5) is 0 Å². The summed E-state index contributed by atoms with van der Waals surface area (Å²) >= 11 is 0. The van der Waals surface area contributed by atoms with Crippen molar-refractivity contribution in [3.8, 4) is 11.3 Å². The van der Waals surface area contributed by atoms with Gasteiger partial charge < -0.3 is 10.8 Å². The number of nitrogens with one attached hydrogen (secondary N) is 1. The van der Waals surface area contributed by atoms with Gasteiger partial charge in [0.15, 0.2) is 0 Å². The Bertz CT molecular complexity index is 507. The molecule has 5 heteroatoms. The Morgan fingerprint density at radius 1 is 1.41 bits per heavy atom. The topological polar surface area (TPSA) is 92.0 Å². The molecule has 2 aromatic rings. The van der Waals surface area contributed by atoms with E-state index in [1.807, 2.05) is 36.4 Å². The molecule has 1 aromatic heterocycles. The summed E-state index contributed by atoms with van der Waals surface area (Å²) in [5.74, 6) is -1.01. The van der Waals surface area contributed by atoms with Crippen LogP contribution in [0.1, 0.15) is 5.69 Å². The van der Waals surface area contributed by atoms with Crippen LogP contribution in [0.2, 0.25) is 0 Å². The summed E-state index contributed by atoms with van der Waals surface area (Å²) in [6.45, 7) is 0. The van der Waals surface area contributed by atoms with Gasteiger partial charge in [0.25, 0.3) is 0 Å². The smallest absolute Gasteiger partial charge is 0.320 e. The Labute approximate surface area is 98.3 Å². The number of benzene rings is 1. The molecule has 0 aliphatic carbocycles. The number of carboxylic acid groups (broad SMARTS) is 1. The van der Waals surface area contributed by atoms with Gasteiger partial charge in [0.05, 0.1) is 5.69 Å². The third-order valence-corrected chi connectivity index (χ3v) is 2.46. The summed E-state index contributed by atoms with van der Waals surface area (Å²) in [6.07, 6.45) is 0.245. The van der Waals surface area contributed by atoms with Gasteiger partial charge in [-0.15, -0.1) is 0 Å². The molecule has 1 unspecified atom stereocenters. The van der Waals surface area contributed by atoms with Crippen molar-refractivity contribution in [1.82, 2.24) is 10.2 Å². The number of hydrogen-bond donors (Lipinski definition) is 3. The second-order valence-corrected chi connectivity index (χ2v) is 3.79. The molecule has 0 saturated carbocycles. The average Bonchev–Trinajstić information content (AvgIpc) is 2.78. The molecule has 0 spiro atoms. The number of rotatable bonds is 4. The lowest BCUT2D eigenvalue weighted by Crippen LogP contribution is -2.32. The summed E-state index contributed by atoms with van der Waals surface area (Å²) < 4.78 is 0. The quantitative estimate of drug-likeness (QED) is 0.732. The molecule has 0 aliphatic heterocycles. The number of aliphatic carboxylic acids is 1. The minimum absolute atomic E-state index is 0.245. The molecule has 1 aromatic carbocycles. The first-order valence-corrected chi connectivity index (χ1v) is 5.25. The fourth-order valence-electron chi connectivity index (χ4n) is 1.55. The van der Waals surface area contributed by atoms with Gasteiger partial charge in [-0.1, -0.05) is 30.3 Å². The predicted octanol–water partition coefficient (Wildman–Crippen LogP) is 1.03. The van der Waals surface area contributed by atoms with Crippen LogP contribution in [-0.4, -0.2) is 27.3 Å². The van der Waals surface area contributed by atoms with E-state index in [0.717, 1.165) is 17.0 Å². The van der Waals surface area contributed by atoms with Crippen LogP contribution < -0.4 is 5.73 Å². The van der Waals surface area contributed by atoms with Gasteiger partial charge in [0.2, 0.25) is 0 Å². The van der Waals surface area contributed by atoms with E-state index in [1.54, 1.807) is 0 Å². The zero-order valence-electron chi connectivity index (χ0n) is 9.13. The van der Waals surface area contributed by atoms with E-state index in [-0.39, 0.29) is 6.42 Å². The molecule has 1 atom stereocenters. The van der Waals surface area contributed by atoms with Crippen LogP contribution in [0.3, 0.4) is 0 Å². The molecule has 0 fully saturated rings. The van der Waals surface area contributed by atoms with Crippen molar-refractivity contribution in [1.29, 1.82) is 0 Å². The molecule has 0 radical (unpaired) electrons. The first-order chi connectivity index (χ1) is 8.16. The zero-order chi connectivity index (χ0) is 12.3. The van der Waals surface area contributed by atoms with Gasteiger partial charge in [-0.05, 0) is 6.07 Å². The fraction of sp³-hybridized carbons (Fsp3) is 0.167. The molecule has 88 valence electrons. The van der Waals surface area contributed by atoms with Crippen LogP contribution in [0.5, 0.6) is 0 Å². The normalized spacial score (nSPS) is 12.3. The molecule has 1 heterocycles. The highest BCUT2D eigenvalue weighted by Crippen LogP contribution is 2.17. The molecule has 2 rings (SSSR count). The van der Waals surface area contributed by atoms with Gasteiger partial charge in [0.1, 0.15) is 6.04 Å². The highest BCUT2D eigenvalue weighted by molar-refractivity contribution is 5.73. The van der Waals surface area contributed by atoms with E-state index in [9.17, 15) is 4.79 Å². The van der Waals surface area contributed by atoms with Gasteiger partial charge in [-0.3, -0.25) is 9.89 Å². The maximum atomic E-state index is 10.6. The van der Waals surface area contributed by atoms with E-state index in [4.69, 9.17) is 10.8 Å². The average molecular weight is 231 g/mol. The molecular formula is C12H13N3O2. The number of aromatic nitrogens is 2. The molecule has 5 nitrogen and oxygen atoms in total. The summed E-state index contributed by atoms with van der Waals surface area (Å²) in [7, 11) is 0. The van der Waals surface area contributed by atoms with Crippen molar-refractivity contribution in [3.63, 3.8) is 0 Å². The van der Waals surface area contributed by atoms with E-state index in [0.29, 0.717) is 0 Å². The van der Waals surface area contributed by atoms with E-state index < -0.39 is 12.0 Å². The highest BCUT2D eigenvalue weighted by Gasteiger charge is 2.14. The van der Waals surface area contributed by atoms with Crippen LogP contribution in [0, 0.1) is 0 Å². The number of carboxylic acids is 1. The fourth-order valence-corrected chi connectivity index (χ4v) is 1.55. The highest BCUT2D eigenvalue weighted by atomic mass is 16.4. The van der Waals surface area contributed by atoms with Crippen molar-refractivity contribution in [3.05, 3.63) is 42.1 Å². The minimum atomic E-state index is -1.01. The van der Waals surface area contributed by atoms with Gasteiger partial charge in [-0.25, -0.2) is 0 Å². The van der Waals surface area contributed by atoms with Crippen molar-refractivity contribution in [2.75, 3.05) is 0 Å². The van der Waals surface area contributed by atoms with E-state index in [1.165, 1.54) is 0 Å². The number of H-pyrrole nitrogens is 1. The number of nitrogens with two attached hydrogens (primary N) is 1. The molecule has 0 aliphatic rings. The maximum Gasteiger partial charge on any atom is 0.320 e. The Balaban J connectivity index is 2.14. The molecule has 17 heavy (non-hydrogen) atoms. The summed E-state index contributed by atoms with van der Waals surface area (Å²) in [5.41, 5.74) is 7.95. The largest absolute Gasteiger partial charge is 0.480 e. The minimum Gasteiger partial charge on any atom is -0.480 e. The molecule has 0 amide bonds. The SMILES string of the molecule is NC(Cc1cc(-c2ccccc2)n[nH]1)C(=O)O. The Morgan fingerprint density at radius 3 is 2.76 bits per heavy atom. The molecule has 0 saturated heterocycles. The third kappa shape index (κ3) is 2.70. The summed E-state index contributed by atoms with van der Waals surface area (Å²) in [4.78, 5) is 10.6. The second kappa shape index (κ2) is 4.80. The van der Waals surface area contributed by atoms with Gasteiger partial charge in [-0.2, -0.15) is 5.10 Å². The lowest BCUT2D eigenvalue weighted by molar-refractivity contribution is -0.138. The van der Waals surface area contributed by atoms with Crippen molar-refractivity contribution in [2.45, 2.75) is 12.5 Å². The van der Waals surface area contributed by atoms with Crippen molar-refractivity contribution in [2.24, 2.45) is 5.73 Å². The first kappa shape index (κ1) is 11.3. The Hall–Kier alpha value is -2.14. The monoisotopic (exact) mass is 231 g/mol. The number of carbonyl (C=O) groups is 1. The van der Waals surface area contributed by atoms with E-state index in [2.05, 4.69) is 10.2 Å². The standard InChI is InChI=1S/C12H13N3O2/c13-10(12(16)17)6-9-7-11(15-14-9)8-4-2-1-3-5-8/h1-5,7,10H,6,13H2,(H,14,15)(H,16,17). The summed E-state index contributed by atoms with van der Waals surface area (Å²) in [6, 6.07) is 10.6. The van der Waals surface area contributed by atoms with Gasteiger partial charge in [0, 0.05) is 17.7 Å². The molecule has 0 bridgehead atoms. The Kier molecular flexibility index (Phi) is 3.20. The number of aromatic amines is 1. The second-order valence-electron chi connectivity index (χ2n) is 3.79. The lowest BCUT2D eigenvalue weighted by Gasteiger charge is -2.02.